The van der Waals surface area contributed by atoms with Crippen LogP contribution in [0.25, 0.3) is 0 Å². The van der Waals surface area contributed by atoms with Gasteiger partial charge in [-0.25, -0.2) is 0 Å². The van der Waals surface area contributed by atoms with Gasteiger partial charge in [0.1, 0.15) is 0 Å². The van der Waals surface area contributed by atoms with Crippen molar-refractivity contribution in [3.05, 3.63) is 21.4 Å². The average Bonchev–Trinajstić information content (AvgIpc) is 2.70. The lowest BCUT2D eigenvalue weighted by atomic mass is 10.2. The normalized spacial score (nSPS) is 11.4. The quantitative estimate of drug-likeness (QED) is 0.668. The Morgan fingerprint density at radius 3 is 2.84 bits per heavy atom. The molecule has 0 fully saturated rings. The second kappa shape index (κ2) is 9.48. The van der Waals surface area contributed by atoms with Gasteiger partial charge >= 0.3 is 0 Å². The van der Waals surface area contributed by atoms with Gasteiger partial charge in [0.05, 0.1) is 6.61 Å². The summed E-state index contributed by atoms with van der Waals surface area (Å²) in [5.41, 5.74) is 1.35. The fourth-order valence-electron chi connectivity index (χ4n) is 1.87. The molecule has 0 amide bonds. The van der Waals surface area contributed by atoms with Crippen molar-refractivity contribution in [3.63, 3.8) is 0 Å². The highest BCUT2D eigenvalue weighted by atomic mass is 32.1. The van der Waals surface area contributed by atoms with Gasteiger partial charge in [-0.2, -0.15) is 0 Å². The minimum Gasteiger partial charge on any atom is -0.377 e. The predicted octanol–water partition coefficient (Wildman–Crippen LogP) is 3.02. The Morgan fingerprint density at radius 2 is 2.16 bits per heavy atom. The zero-order valence-electron chi connectivity index (χ0n) is 12.8. The largest absolute Gasteiger partial charge is 0.377 e. The smallest absolute Gasteiger partial charge is 0.0727 e. The molecular formula is C15H28N2OS. The minimum absolute atomic E-state index is 0.754. The molecule has 110 valence electrons. The molecule has 1 N–H and O–H groups in total. The van der Waals surface area contributed by atoms with E-state index in [-0.39, 0.29) is 0 Å². The van der Waals surface area contributed by atoms with Crippen LogP contribution >= 0.6 is 11.3 Å². The molecular weight excluding hydrogens is 256 g/mol. The third-order valence-electron chi connectivity index (χ3n) is 2.95. The molecule has 0 saturated carbocycles. The van der Waals surface area contributed by atoms with Gasteiger partial charge in [-0.05, 0) is 58.6 Å². The monoisotopic (exact) mass is 284 g/mol. The van der Waals surface area contributed by atoms with Gasteiger partial charge in [0.25, 0.3) is 0 Å². The van der Waals surface area contributed by atoms with Gasteiger partial charge in [-0.3, -0.25) is 0 Å². The van der Waals surface area contributed by atoms with E-state index >= 15 is 0 Å². The van der Waals surface area contributed by atoms with Crippen molar-refractivity contribution in [1.29, 1.82) is 0 Å². The molecule has 0 radical (unpaired) electrons. The van der Waals surface area contributed by atoms with Crippen molar-refractivity contribution < 1.29 is 4.74 Å². The molecule has 0 aliphatic carbocycles. The number of hydrogen-bond acceptors (Lipinski definition) is 4. The minimum atomic E-state index is 0.754. The lowest BCUT2D eigenvalue weighted by molar-refractivity contribution is 0.113. The first-order valence-electron chi connectivity index (χ1n) is 7.14. The van der Waals surface area contributed by atoms with Crippen LogP contribution in [0.2, 0.25) is 0 Å². The van der Waals surface area contributed by atoms with E-state index in [0.29, 0.717) is 0 Å². The summed E-state index contributed by atoms with van der Waals surface area (Å²) in [7, 11) is 4.19. The molecule has 1 aromatic heterocycles. The Balaban J connectivity index is 2.25. The summed E-state index contributed by atoms with van der Waals surface area (Å²) in [4.78, 5) is 5.00. The van der Waals surface area contributed by atoms with E-state index in [9.17, 15) is 0 Å². The van der Waals surface area contributed by atoms with Crippen LogP contribution in [-0.2, 0) is 17.9 Å². The first-order valence-corrected chi connectivity index (χ1v) is 7.96. The zero-order chi connectivity index (χ0) is 14.1. The Bertz CT molecular complexity index is 350. The molecule has 0 bridgehead atoms. The van der Waals surface area contributed by atoms with Gasteiger partial charge in [-0.15, -0.1) is 11.3 Å². The Hall–Kier alpha value is -0.420. The lowest BCUT2D eigenvalue weighted by Crippen LogP contribution is -2.14. The molecule has 1 aromatic rings. The molecule has 3 nitrogen and oxygen atoms in total. The van der Waals surface area contributed by atoms with Crippen LogP contribution < -0.4 is 5.32 Å². The molecule has 4 heteroatoms. The summed E-state index contributed by atoms with van der Waals surface area (Å²) in [6.45, 7) is 9.15. The standard InChI is InChI=1S/C15H28N2OS/c1-5-7-16-11-15-10-14(13(2)19-15)12-18-9-6-8-17(3)4/h10,16H,5-9,11-12H2,1-4H3. The summed E-state index contributed by atoms with van der Waals surface area (Å²) in [5, 5.41) is 3.44. The summed E-state index contributed by atoms with van der Waals surface area (Å²) in [6, 6.07) is 2.29. The van der Waals surface area contributed by atoms with Crippen molar-refractivity contribution in [3.8, 4) is 0 Å². The zero-order valence-corrected chi connectivity index (χ0v) is 13.6. The number of nitrogens with zero attached hydrogens (tertiary/aromatic N) is 1. The van der Waals surface area contributed by atoms with Crippen molar-refractivity contribution in [2.24, 2.45) is 0 Å². The third-order valence-corrected chi connectivity index (χ3v) is 4.04. The Morgan fingerprint density at radius 1 is 1.37 bits per heavy atom. The summed E-state index contributed by atoms with van der Waals surface area (Å²) in [5.74, 6) is 0. The van der Waals surface area contributed by atoms with E-state index in [1.807, 2.05) is 11.3 Å². The second-order valence-corrected chi connectivity index (χ2v) is 6.52. The predicted molar refractivity (Wildman–Crippen MR) is 83.9 cm³/mol. The number of hydrogen-bond donors (Lipinski definition) is 1. The molecule has 0 aromatic carbocycles. The van der Waals surface area contributed by atoms with E-state index in [0.717, 1.165) is 39.3 Å². The van der Waals surface area contributed by atoms with E-state index in [1.54, 1.807) is 0 Å². The Labute approximate surface area is 122 Å². The molecule has 0 aliphatic rings. The maximum atomic E-state index is 5.75. The van der Waals surface area contributed by atoms with Crippen LogP contribution in [0.4, 0.5) is 0 Å². The van der Waals surface area contributed by atoms with Crippen LogP contribution in [-0.4, -0.2) is 38.7 Å². The van der Waals surface area contributed by atoms with Gasteiger partial charge in [-0.1, -0.05) is 6.92 Å². The van der Waals surface area contributed by atoms with Crippen molar-refractivity contribution in [2.75, 3.05) is 33.8 Å². The highest BCUT2D eigenvalue weighted by Gasteiger charge is 2.05. The first-order chi connectivity index (χ1) is 9.13. The molecule has 0 aliphatic heterocycles. The third kappa shape index (κ3) is 7.06. The van der Waals surface area contributed by atoms with Gasteiger partial charge in [0.15, 0.2) is 0 Å². The van der Waals surface area contributed by atoms with E-state index in [2.05, 4.69) is 44.2 Å². The molecule has 19 heavy (non-hydrogen) atoms. The average molecular weight is 284 g/mol. The number of thiophene rings is 1. The molecule has 0 unspecified atom stereocenters. The molecule has 1 rings (SSSR count). The van der Waals surface area contributed by atoms with E-state index < -0.39 is 0 Å². The second-order valence-electron chi connectivity index (χ2n) is 5.18. The SMILES string of the molecule is CCCNCc1cc(COCCCN(C)C)c(C)s1. The number of nitrogens with one attached hydrogen (secondary N) is 1. The fraction of sp³-hybridized carbons (Fsp3) is 0.733. The molecule has 0 saturated heterocycles. The van der Waals surface area contributed by atoms with E-state index in [4.69, 9.17) is 4.74 Å². The lowest BCUT2D eigenvalue weighted by Gasteiger charge is -2.09. The maximum absolute atomic E-state index is 5.75. The number of aryl methyl sites for hydroxylation is 1. The highest BCUT2D eigenvalue weighted by Crippen LogP contribution is 2.22. The van der Waals surface area contributed by atoms with Crippen molar-refractivity contribution in [2.45, 2.75) is 39.8 Å². The number of rotatable bonds is 10. The van der Waals surface area contributed by atoms with Gasteiger partial charge in [0, 0.05) is 22.9 Å². The Kier molecular flexibility index (Phi) is 8.30. The van der Waals surface area contributed by atoms with Crippen LogP contribution in [0.1, 0.15) is 35.1 Å². The first kappa shape index (κ1) is 16.6. The van der Waals surface area contributed by atoms with Gasteiger partial charge < -0.3 is 15.0 Å². The molecule has 1 heterocycles. The summed E-state index contributed by atoms with van der Waals surface area (Å²) >= 11 is 1.88. The van der Waals surface area contributed by atoms with Crippen molar-refractivity contribution >= 4 is 11.3 Å². The van der Waals surface area contributed by atoms with Crippen LogP contribution in [0.15, 0.2) is 6.07 Å². The van der Waals surface area contributed by atoms with Crippen LogP contribution in [0, 0.1) is 6.92 Å². The number of ether oxygens (including phenoxy) is 1. The molecule has 0 spiro atoms. The summed E-state index contributed by atoms with van der Waals surface area (Å²) < 4.78 is 5.75. The topological polar surface area (TPSA) is 24.5 Å². The summed E-state index contributed by atoms with van der Waals surface area (Å²) in [6.07, 6.45) is 2.29. The van der Waals surface area contributed by atoms with Crippen LogP contribution in [0.3, 0.4) is 0 Å². The van der Waals surface area contributed by atoms with E-state index in [1.165, 1.54) is 21.7 Å². The van der Waals surface area contributed by atoms with Crippen molar-refractivity contribution in [1.82, 2.24) is 10.2 Å². The highest BCUT2D eigenvalue weighted by molar-refractivity contribution is 7.12. The maximum Gasteiger partial charge on any atom is 0.0727 e. The molecule has 0 atom stereocenters. The van der Waals surface area contributed by atoms with Crippen LogP contribution in [0.5, 0.6) is 0 Å². The van der Waals surface area contributed by atoms with Gasteiger partial charge in [0.2, 0.25) is 0 Å². The fourth-order valence-corrected chi connectivity index (χ4v) is 2.89.